The first-order valence-corrected chi connectivity index (χ1v) is 11.9. The second kappa shape index (κ2) is 11.1. The Morgan fingerprint density at radius 3 is 2.65 bits per heavy atom. The number of aromatic nitrogens is 1. The standard InChI is InChI=1S/C25H23ClN2O5S/c1-2-30-25(29)33-21-13-28-24(27)22-17(15-34-23(21)22)14-32-20-5-3-4-19(12-20)31-11-10-16-6-8-18(26)9-7-16/h3-9,12-13,15H,2,10-11,14H2,1H3,(H2,27,28). The molecular formula is C25H23ClN2O5S. The van der Waals surface area contributed by atoms with Crippen LogP contribution < -0.4 is 19.9 Å². The monoisotopic (exact) mass is 498 g/mol. The van der Waals surface area contributed by atoms with Gasteiger partial charge in [-0.2, -0.15) is 0 Å². The maximum atomic E-state index is 11.7. The minimum absolute atomic E-state index is 0.220. The van der Waals surface area contributed by atoms with Crippen molar-refractivity contribution < 1.29 is 23.7 Å². The highest BCUT2D eigenvalue weighted by Gasteiger charge is 2.17. The lowest BCUT2D eigenvalue weighted by molar-refractivity contribution is 0.105. The number of benzene rings is 2. The minimum atomic E-state index is -0.783. The summed E-state index contributed by atoms with van der Waals surface area (Å²) in [5.74, 6) is 2.02. The molecule has 2 aromatic carbocycles. The summed E-state index contributed by atoms with van der Waals surface area (Å²) in [7, 11) is 0. The third-order valence-corrected chi connectivity index (χ3v) is 6.19. The number of rotatable bonds is 9. The zero-order chi connectivity index (χ0) is 23.9. The molecule has 2 aromatic heterocycles. The molecule has 4 rings (SSSR count). The van der Waals surface area contributed by atoms with E-state index in [1.807, 2.05) is 53.9 Å². The molecule has 0 radical (unpaired) electrons. The highest BCUT2D eigenvalue weighted by molar-refractivity contribution is 7.17. The molecule has 0 atom stereocenters. The van der Waals surface area contributed by atoms with Crippen molar-refractivity contribution in [3.63, 3.8) is 0 Å². The molecule has 176 valence electrons. The van der Waals surface area contributed by atoms with Crippen LogP contribution in [0.25, 0.3) is 10.1 Å². The molecule has 9 heteroatoms. The van der Waals surface area contributed by atoms with Gasteiger partial charge in [-0.05, 0) is 42.1 Å². The topological polar surface area (TPSA) is 92.9 Å². The average molecular weight is 499 g/mol. The molecule has 2 heterocycles. The van der Waals surface area contributed by atoms with E-state index < -0.39 is 6.16 Å². The highest BCUT2D eigenvalue weighted by Crippen LogP contribution is 2.37. The van der Waals surface area contributed by atoms with Crippen molar-refractivity contribution in [2.75, 3.05) is 18.9 Å². The molecule has 34 heavy (non-hydrogen) atoms. The summed E-state index contributed by atoms with van der Waals surface area (Å²) in [6, 6.07) is 15.2. The lowest BCUT2D eigenvalue weighted by atomic mass is 10.2. The summed E-state index contributed by atoms with van der Waals surface area (Å²) in [6.07, 6.45) is 1.40. The Labute approximate surface area is 206 Å². The molecule has 2 N–H and O–H groups in total. The van der Waals surface area contributed by atoms with E-state index in [9.17, 15) is 4.79 Å². The van der Waals surface area contributed by atoms with Crippen LogP contribution in [-0.2, 0) is 17.8 Å². The van der Waals surface area contributed by atoms with Crippen LogP contribution in [0, 0.1) is 0 Å². The van der Waals surface area contributed by atoms with Crippen LogP contribution in [0.3, 0.4) is 0 Å². The van der Waals surface area contributed by atoms with Gasteiger partial charge < -0.3 is 24.7 Å². The lowest BCUT2D eigenvalue weighted by Crippen LogP contribution is -2.10. The Bertz CT molecular complexity index is 1280. The van der Waals surface area contributed by atoms with Gasteiger partial charge in [0.1, 0.15) is 23.9 Å². The van der Waals surface area contributed by atoms with E-state index in [0.29, 0.717) is 44.8 Å². The molecule has 0 saturated heterocycles. The molecule has 0 aliphatic carbocycles. The van der Waals surface area contributed by atoms with Crippen LogP contribution in [0.15, 0.2) is 60.1 Å². The summed E-state index contributed by atoms with van der Waals surface area (Å²) < 4.78 is 22.7. The van der Waals surface area contributed by atoms with Gasteiger partial charge in [0.05, 0.1) is 24.1 Å². The van der Waals surface area contributed by atoms with Crippen molar-refractivity contribution >= 4 is 45.0 Å². The molecule has 0 amide bonds. The number of hydrogen-bond acceptors (Lipinski definition) is 8. The Morgan fingerprint density at radius 1 is 1.12 bits per heavy atom. The van der Waals surface area contributed by atoms with Gasteiger partial charge in [-0.15, -0.1) is 11.3 Å². The predicted molar refractivity (Wildman–Crippen MR) is 133 cm³/mol. The molecule has 0 saturated carbocycles. The molecule has 0 aliphatic heterocycles. The van der Waals surface area contributed by atoms with Crippen molar-refractivity contribution in [2.45, 2.75) is 20.0 Å². The number of anilines is 1. The van der Waals surface area contributed by atoms with Crippen molar-refractivity contribution in [3.8, 4) is 17.2 Å². The zero-order valence-corrected chi connectivity index (χ0v) is 20.0. The summed E-state index contributed by atoms with van der Waals surface area (Å²) >= 11 is 7.32. The fourth-order valence-electron chi connectivity index (χ4n) is 3.28. The van der Waals surface area contributed by atoms with Crippen LogP contribution in [-0.4, -0.2) is 24.4 Å². The highest BCUT2D eigenvalue weighted by atomic mass is 35.5. The number of nitrogens with two attached hydrogens (primary N) is 1. The van der Waals surface area contributed by atoms with E-state index in [0.717, 1.165) is 17.5 Å². The summed E-state index contributed by atoms with van der Waals surface area (Å²) in [6.45, 7) is 2.73. The lowest BCUT2D eigenvalue weighted by Gasteiger charge is -2.10. The van der Waals surface area contributed by atoms with Crippen LogP contribution >= 0.6 is 22.9 Å². The van der Waals surface area contributed by atoms with Gasteiger partial charge in [0, 0.05) is 28.5 Å². The second-order valence-corrected chi connectivity index (χ2v) is 8.56. The number of fused-ring (bicyclic) bond motifs is 1. The summed E-state index contributed by atoms with van der Waals surface area (Å²) in [5.41, 5.74) is 8.10. The third kappa shape index (κ3) is 5.89. The molecule has 0 bridgehead atoms. The molecule has 0 fully saturated rings. The number of pyridine rings is 1. The molecule has 0 spiro atoms. The van der Waals surface area contributed by atoms with Crippen molar-refractivity contribution in [1.82, 2.24) is 4.98 Å². The Kier molecular flexibility index (Phi) is 7.72. The smallest absolute Gasteiger partial charge is 0.493 e. The predicted octanol–water partition coefficient (Wildman–Crippen LogP) is 6.27. The Balaban J connectivity index is 1.40. The van der Waals surface area contributed by atoms with Crippen LogP contribution in [0.1, 0.15) is 18.1 Å². The number of nitrogens with zero attached hydrogens (tertiary/aromatic N) is 1. The van der Waals surface area contributed by atoms with Gasteiger partial charge in [-0.1, -0.05) is 29.8 Å². The molecule has 4 aromatic rings. The molecule has 0 unspecified atom stereocenters. The number of hydrogen-bond donors (Lipinski definition) is 1. The van der Waals surface area contributed by atoms with Crippen LogP contribution in [0.5, 0.6) is 17.2 Å². The maximum absolute atomic E-state index is 11.7. The first-order chi connectivity index (χ1) is 16.5. The number of ether oxygens (including phenoxy) is 4. The van der Waals surface area contributed by atoms with Gasteiger partial charge in [0.2, 0.25) is 0 Å². The van der Waals surface area contributed by atoms with Gasteiger partial charge in [-0.3, -0.25) is 0 Å². The van der Waals surface area contributed by atoms with Gasteiger partial charge in [0.15, 0.2) is 5.75 Å². The van der Waals surface area contributed by atoms with E-state index in [2.05, 4.69) is 4.98 Å². The van der Waals surface area contributed by atoms with E-state index >= 15 is 0 Å². The number of thiophene rings is 1. The quantitative estimate of drug-likeness (QED) is 0.272. The normalized spacial score (nSPS) is 10.8. The van der Waals surface area contributed by atoms with Crippen LogP contribution in [0.2, 0.25) is 5.02 Å². The van der Waals surface area contributed by atoms with Gasteiger partial charge in [0.25, 0.3) is 0 Å². The summed E-state index contributed by atoms with van der Waals surface area (Å²) in [4.78, 5) is 15.9. The van der Waals surface area contributed by atoms with Crippen molar-refractivity contribution in [2.24, 2.45) is 0 Å². The van der Waals surface area contributed by atoms with E-state index in [1.165, 1.54) is 17.5 Å². The van der Waals surface area contributed by atoms with Crippen molar-refractivity contribution in [3.05, 3.63) is 76.3 Å². The SMILES string of the molecule is CCOC(=O)Oc1cnc(N)c2c(COc3cccc(OCCc4ccc(Cl)cc4)c3)csc12. The van der Waals surface area contributed by atoms with Gasteiger partial charge in [-0.25, -0.2) is 9.78 Å². The number of carbonyl (C=O) groups is 1. The molecular weight excluding hydrogens is 476 g/mol. The average Bonchev–Trinajstić information content (AvgIpc) is 3.27. The first-order valence-electron chi connectivity index (χ1n) is 10.6. The largest absolute Gasteiger partial charge is 0.513 e. The molecule has 7 nitrogen and oxygen atoms in total. The Morgan fingerprint density at radius 2 is 1.88 bits per heavy atom. The van der Waals surface area contributed by atoms with E-state index in [4.69, 9.17) is 36.3 Å². The van der Waals surface area contributed by atoms with Crippen LogP contribution in [0.4, 0.5) is 10.6 Å². The first kappa shape index (κ1) is 23.7. The minimum Gasteiger partial charge on any atom is -0.493 e. The molecule has 0 aliphatic rings. The number of halogens is 1. The third-order valence-electron chi connectivity index (χ3n) is 4.90. The fourth-order valence-corrected chi connectivity index (χ4v) is 4.41. The Hall–Kier alpha value is -3.49. The number of nitrogen functional groups attached to an aromatic ring is 1. The number of carbonyl (C=O) groups excluding carboxylic acids is 1. The van der Waals surface area contributed by atoms with E-state index in [-0.39, 0.29) is 13.2 Å². The zero-order valence-electron chi connectivity index (χ0n) is 18.5. The fraction of sp³-hybridized carbons (Fsp3) is 0.200. The second-order valence-electron chi connectivity index (χ2n) is 7.25. The van der Waals surface area contributed by atoms with Gasteiger partial charge >= 0.3 is 6.16 Å². The maximum Gasteiger partial charge on any atom is 0.513 e. The van der Waals surface area contributed by atoms with Crippen molar-refractivity contribution in [1.29, 1.82) is 0 Å². The van der Waals surface area contributed by atoms with E-state index in [1.54, 1.807) is 6.92 Å². The summed E-state index contributed by atoms with van der Waals surface area (Å²) in [5, 5.41) is 3.32.